The third kappa shape index (κ3) is 5.40. The Kier molecular flexibility index (Phi) is 6.64. The van der Waals surface area contributed by atoms with E-state index in [9.17, 15) is 0 Å². The molecular weight excluding hydrogens is 300 g/mol. The summed E-state index contributed by atoms with van der Waals surface area (Å²) in [7, 11) is 0. The number of rotatable bonds is 6. The van der Waals surface area contributed by atoms with Crippen molar-refractivity contribution in [1.82, 2.24) is 0 Å². The molecule has 0 saturated carbocycles. The van der Waals surface area contributed by atoms with Gasteiger partial charge in [0.15, 0.2) is 5.01 Å². The second kappa shape index (κ2) is 7.74. The van der Waals surface area contributed by atoms with Gasteiger partial charge in [-0.15, -0.1) is 0 Å². The highest BCUT2D eigenvalue weighted by molar-refractivity contribution is 9.09. The van der Waals surface area contributed by atoms with Crippen molar-refractivity contribution < 1.29 is 4.74 Å². The Morgan fingerprint density at radius 1 is 1.05 bits per heavy atom. The molecule has 0 saturated heterocycles. The molecule has 0 heterocycles. The van der Waals surface area contributed by atoms with E-state index in [1.165, 1.54) is 11.1 Å². The van der Waals surface area contributed by atoms with Crippen LogP contribution in [0.3, 0.4) is 0 Å². The van der Waals surface area contributed by atoms with Crippen LogP contribution in [0.1, 0.15) is 40.2 Å². The number of allylic oxidation sites excluding steroid dienone is 2. The first kappa shape index (κ1) is 16.3. The van der Waals surface area contributed by atoms with Crippen molar-refractivity contribution in [2.24, 2.45) is 11.8 Å². The van der Waals surface area contributed by atoms with E-state index in [1.54, 1.807) is 0 Å². The van der Waals surface area contributed by atoms with Gasteiger partial charge < -0.3 is 4.74 Å². The van der Waals surface area contributed by atoms with E-state index in [-0.39, 0.29) is 5.01 Å². The van der Waals surface area contributed by atoms with E-state index >= 15 is 0 Å². The number of hydrogen-bond donors (Lipinski definition) is 0. The quantitative estimate of drug-likeness (QED) is 0.492. The third-order valence-electron chi connectivity index (χ3n) is 3.19. The summed E-state index contributed by atoms with van der Waals surface area (Å²) in [6, 6.07) is 10.4. The van der Waals surface area contributed by atoms with Crippen LogP contribution < -0.4 is 0 Å². The first-order chi connectivity index (χ1) is 8.91. The van der Waals surface area contributed by atoms with Crippen LogP contribution in [-0.4, -0.2) is 5.01 Å². The summed E-state index contributed by atoms with van der Waals surface area (Å²) in [4.78, 5) is 0. The van der Waals surface area contributed by atoms with E-state index < -0.39 is 0 Å². The monoisotopic (exact) mass is 324 g/mol. The number of ether oxygens (including phenoxy) is 1. The molecule has 0 bridgehead atoms. The minimum Gasteiger partial charge on any atom is -0.484 e. The lowest BCUT2D eigenvalue weighted by atomic mass is 9.91. The SMILES string of the molecule is CC(OC(Br)Cc1ccccc1)=C(C(C)C)C(C)C. The Balaban J connectivity index is 2.70. The summed E-state index contributed by atoms with van der Waals surface area (Å²) < 4.78 is 6.04. The molecule has 1 aromatic rings. The summed E-state index contributed by atoms with van der Waals surface area (Å²) in [5.41, 5.74) is 2.69. The zero-order valence-electron chi connectivity index (χ0n) is 12.6. The summed E-state index contributed by atoms with van der Waals surface area (Å²) in [6.45, 7) is 11.0. The zero-order valence-corrected chi connectivity index (χ0v) is 14.2. The lowest BCUT2D eigenvalue weighted by molar-refractivity contribution is 0.185. The van der Waals surface area contributed by atoms with Gasteiger partial charge in [-0.3, -0.25) is 0 Å². The van der Waals surface area contributed by atoms with Gasteiger partial charge in [-0.25, -0.2) is 0 Å². The van der Waals surface area contributed by atoms with Crippen molar-refractivity contribution in [3.63, 3.8) is 0 Å². The smallest absolute Gasteiger partial charge is 0.156 e. The summed E-state index contributed by atoms with van der Waals surface area (Å²) in [6.07, 6.45) is 0.877. The van der Waals surface area contributed by atoms with Crippen LogP contribution in [-0.2, 0) is 11.2 Å². The minimum absolute atomic E-state index is 0.0300. The average Bonchev–Trinajstić information content (AvgIpc) is 2.28. The maximum absolute atomic E-state index is 6.04. The topological polar surface area (TPSA) is 9.23 Å². The van der Waals surface area contributed by atoms with E-state index in [0.29, 0.717) is 11.8 Å². The van der Waals surface area contributed by atoms with Crippen molar-refractivity contribution in [3.05, 3.63) is 47.2 Å². The lowest BCUT2D eigenvalue weighted by Crippen LogP contribution is -2.12. The molecule has 1 aromatic carbocycles. The van der Waals surface area contributed by atoms with Gasteiger partial charge in [0.05, 0.1) is 5.76 Å². The van der Waals surface area contributed by atoms with Gasteiger partial charge >= 0.3 is 0 Å². The van der Waals surface area contributed by atoms with Crippen molar-refractivity contribution in [1.29, 1.82) is 0 Å². The predicted molar refractivity (Wildman–Crippen MR) is 86.3 cm³/mol. The van der Waals surface area contributed by atoms with Crippen LogP contribution in [0.15, 0.2) is 41.7 Å². The summed E-state index contributed by atoms with van der Waals surface area (Å²) in [5.74, 6) is 2.11. The fourth-order valence-electron chi connectivity index (χ4n) is 2.58. The first-order valence-electron chi connectivity index (χ1n) is 6.97. The molecule has 1 atom stereocenters. The first-order valence-corrected chi connectivity index (χ1v) is 7.88. The maximum atomic E-state index is 6.04. The molecule has 0 aromatic heterocycles. The van der Waals surface area contributed by atoms with Crippen LogP contribution in [0.5, 0.6) is 0 Å². The van der Waals surface area contributed by atoms with E-state index in [0.717, 1.165) is 12.2 Å². The minimum atomic E-state index is 0.0300. The van der Waals surface area contributed by atoms with E-state index in [2.05, 4.69) is 74.8 Å². The maximum Gasteiger partial charge on any atom is 0.156 e. The molecule has 106 valence electrons. The molecule has 0 aliphatic rings. The Morgan fingerprint density at radius 2 is 1.58 bits per heavy atom. The Morgan fingerprint density at radius 3 is 2.05 bits per heavy atom. The van der Waals surface area contributed by atoms with Crippen LogP contribution in [0.2, 0.25) is 0 Å². The summed E-state index contributed by atoms with van der Waals surface area (Å²) >= 11 is 3.63. The van der Waals surface area contributed by atoms with Gasteiger partial charge in [0, 0.05) is 6.42 Å². The average molecular weight is 325 g/mol. The molecule has 0 aliphatic heterocycles. The van der Waals surface area contributed by atoms with Crippen LogP contribution >= 0.6 is 15.9 Å². The van der Waals surface area contributed by atoms with Crippen molar-refractivity contribution >= 4 is 15.9 Å². The fourth-order valence-corrected chi connectivity index (χ4v) is 3.23. The Labute approximate surface area is 126 Å². The van der Waals surface area contributed by atoms with E-state index in [4.69, 9.17) is 4.74 Å². The molecule has 1 unspecified atom stereocenters. The second-order valence-corrected chi connectivity index (χ2v) is 6.56. The highest BCUT2D eigenvalue weighted by Gasteiger charge is 2.15. The van der Waals surface area contributed by atoms with Crippen LogP contribution in [0.4, 0.5) is 0 Å². The van der Waals surface area contributed by atoms with E-state index in [1.807, 2.05) is 6.07 Å². The van der Waals surface area contributed by atoms with Crippen LogP contribution in [0.25, 0.3) is 0 Å². The standard InChI is InChI=1S/C17H25BrO/c1-12(2)17(13(3)4)14(5)19-16(18)11-15-9-7-6-8-10-15/h6-10,12-13,16H,11H2,1-5H3. The molecule has 0 N–H and O–H groups in total. The van der Waals surface area contributed by atoms with Gasteiger partial charge in [-0.1, -0.05) is 58.0 Å². The van der Waals surface area contributed by atoms with Gasteiger partial charge in [0.2, 0.25) is 0 Å². The molecule has 1 nitrogen and oxygen atoms in total. The van der Waals surface area contributed by atoms with Crippen molar-refractivity contribution in [2.75, 3.05) is 0 Å². The predicted octanol–water partition coefficient (Wildman–Crippen LogP) is 5.55. The van der Waals surface area contributed by atoms with Gasteiger partial charge in [-0.05, 0) is 45.8 Å². The molecule has 1 rings (SSSR count). The number of hydrogen-bond acceptors (Lipinski definition) is 1. The molecule has 0 radical (unpaired) electrons. The van der Waals surface area contributed by atoms with Crippen molar-refractivity contribution in [2.45, 2.75) is 46.1 Å². The highest BCUT2D eigenvalue weighted by Crippen LogP contribution is 2.26. The number of benzene rings is 1. The molecule has 19 heavy (non-hydrogen) atoms. The zero-order chi connectivity index (χ0) is 14.4. The van der Waals surface area contributed by atoms with Gasteiger partial charge in [-0.2, -0.15) is 0 Å². The van der Waals surface area contributed by atoms with Crippen LogP contribution in [0, 0.1) is 11.8 Å². The second-order valence-electron chi connectivity index (χ2n) is 5.54. The third-order valence-corrected chi connectivity index (χ3v) is 3.70. The molecule has 0 amide bonds. The van der Waals surface area contributed by atoms with Gasteiger partial charge in [0.1, 0.15) is 0 Å². The molecule has 0 fully saturated rings. The Bertz CT molecular complexity index is 397. The van der Waals surface area contributed by atoms with Crippen molar-refractivity contribution in [3.8, 4) is 0 Å². The molecule has 0 spiro atoms. The van der Waals surface area contributed by atoms with Gasteiger partial charge in [0.25, 0.3) is 0 Å². The number of halogens is 1. The molecule has 0 aliphatic carbocycles. The largest absolute Gasteiger partial charge is 0.484 e. The lowest BCUT2D eigenvalue weighted by Gasteiger charge is -2.22. The number of alkyl halides is 1. The summed E-state index contributed by atoms with van der Waals surface area (Å²) in [5, 5.41) is 0.0300. The normalized spacial score (nSPS) is 12.6. The Hall–Kier alpha value is -0.760. The molecular formula is C17H25BrO. The molecule has 2 heteroatoms. The highest BCUT2D eigenvalue weighted by atomic mass is 79.9. The fraction of sp³-hybridized carbons (Fsp3) is 0.529.